The molecule has 29 heavy (non-hydrogen) atoms. The molecular formula is C21H23F3N2O3. The summed E-state index contributed by atoms with van der Waals surface area (Å²) in [7, 11) is 0. The maximum absolute atomic E-state index is 12.8. The summed E-state index contributed by atoms with van der Waals surface area (Å²) < 4.78 is 43.9. The van der Waals surface area contributed by atoms with Crippen LogP contribution >= 0.6 is 0 Å². The highest BCUT2D eigenvalue weighted by Gasteiger charge is 2.62. The molecule has 1 aliphatic heterocycles. The van der Waals surface area contributed by atoms with Crippen molar-refractivity contribution in [2.24, 2.45) is 5.92 Å². The van der Waals surface area contributed by atoms with Gasteiger partial charge < -0.3 is 15.0 Å². The van der Waals surface area contributed by atoms with E-state index in [0.29, 0.717) is 31.5 Å². The Morgan fingerprint density at radius 1 is 1.17 bits per heavy atom. The molecule has 5 nitrogen and oxygen atoms in total. The Morgan fingerprint density at radius 3 is 2.34 bits per heavy atom. The number of ether oxygens (including phenoxy) is 1. The van der Waals surface area contributed by atoms with E-state index in [2.05, 4.69) is 5.32 Å². The number of rotatable bonds is 5. The summed E-state index contributed by atoms with van der Waals surface area (Å²) in [5.74, 6) is 0.603. The van der Waals surface area contributed by atoms with Crippen molar-refractivity contribution < 1.29 is 27.5 Å². The Kier molecular flexibility index (Phi) is 4.04. The predicted molar refractivity (Wildman–Crippen MR) is 96.9 cm³/mol. The lowest BCUT2D eigenvalue weighted by molar-refractivity contribution is -0.195. The van der Waals surface area contributed by atoms with E-state index < -0.39 is 17.2 Å². The minimum atomic E-state index is -4.39. The molecule has 156 valence electrons. The SMILES string of the molecule is O=C1CO[C@H](CNC(=O)C2(c3ccc(C(F)(F)F)cc3)CC2)CN1C12CC(C1)C2. The molecule has 1 N–H and O–H groups in total. The first kappa shape index (κ1) is 18.9. The fourth-order valence-electron chi connectivity index (χ4n) is 5.10. The average Bonchev–Trinajstić information content (AvgIpc) is 3.41. The number of hydrogen-bond acceptors (Lipinski definition) is 3. The number of morpholine rings is 1. The maximum atomic E-state index is 12.8. The van der Waals surface area contributed by atoms with Crippen molar-refractivity contribution in [3.63, 3.8) is 0 Å². The molecule has 0 aromatic heterocycles. The fraction of sp³-hybridized carbons (Fsp3) is 0.619. The molecular weight excluding hydrogens is 385 g/mol. The molecule has 4 saturated carbocycles. The Bertz CT molecular complexity index is 831. The van der Waals surface area contributed by atoms with E-state index >= 15 is 0 Å². The van der Waals surface area contributed by atoms with Crippen LogP contribution in [0, 0.1) is 5.92 Å². The van der Waals surface area contributed by atoms with E-state index in [1.54, 1.807) is 0 Å². The van der Waals surface area contributed by atoms with Gasteiger partial charge in [-0.2, -0.15) is 13.2 Å². The van der Waals surface area contributed by atoms with Gasteiger partial charge >= 0.3 is 6.18 Å². The summed E-state index contributed by atoms with van der Waals surface area (Å²) in [5, 5.41) is 2.91. The number of hydrogen-bond donors (Lipinski definition) is 1. The quantitative estimate of drug-likeness (QED) is 0.815. The molecule has 0 unspecified atom stereocenters. The summed E-state index contributed by atoms with van der Waals surface area (Å²) in [6, 6.07) is 4.85. The monoisotopic (exact) mass is 408 g/mol. The van der Waals surface area contributed by atoms with E-state index in [1.807, 2.05) is 4.90 Å². The van der Waals surface area contributed by atoms with Crippen molar-refractivity contribution in [1.82, 2.24) is 10.2 Å². The Morgan fingerprint density at radius 2 is 1.83 bits per heavy atom. The number of carbonyl (C=O) groups is 2. The molecule has 1 aromatic carbocycles. The van der Waals surface area contributed by atoms with Gasteiger partial charge in [-0.15, -0.1) is 0 Å². The standard InChI is InChI=1S/C21H23F3N2O3/c22-21(23,24)15-3-1-14(2-4-15)20(5-6-20)18(28)25-10-16-11-26(17(27)12-29-16)19-7-13(8-19)9-19/h1-4,13,16H,5-12H2,(H,25,28)/t13?,16-,19?/m1/s1. The van der Waals surface area contributed by atoms with Crippen LogP contribution < -0.4 is 5.32 Å². The van der Waals surface area contributed by atoms with Crippen molar-refractivity contribution >= 4 is 11.8 Å². The normalized spacial score (nSPS) is 32.2. The Hall–Kier alpha value is -2.09. The smallest absolute Gasteiger partial charge is 0.365 e. The maximum Gasteiger partial charge on any atom is 0.416 e. The second-order valence-corrected chi connectivity index (χ2v) is 9.01. The topological polar surface area (TPSA) is 58.6 Å². The molecule has 4 aliphatic carbocycles. The number of nitrogens with zero attached hydrogens (tertiary/aromatic N) is 1. The van der Waals surface area contributed by atoms with Crippen LogP contribution in [0.15, 0.2) is 24.3 Å². The van der Waals surface area contributed by atoms with Crippen LogP contribution in [0.4, 0.5) is 13.2 Å². The first-order chi connectivity index (χ1) is 13.7. The van der Waals surface area contributed by atoms with Gasteiger partial charge in [0.1, 0.15) is 6.61 Å². The lowest BCUT2D eigenvalue weighted by Gasteiger charge is -2.67. The van der Waals surface area contributed by atoms with Crippen LogP contribution in [0.3, 0.4) is 0 Å². The van der Waals surface area contributed by atoms with E-state index in [1.165, 1.54) is 12.1 Å². The largest absolute Gasteiger partial charge is 0.416 e. The number of amides is 2. The zero-order valence-corrected chi connectivity index (χ0v) is 15.9. The molecule has 1 aromatic rings. The molecule has 6 rings (SSSR count). The van der Waals surface area contributed by atoms with Crippen molar-refractivity contribution in [2.45, 2.75) is 55.3 Å². The summed E-state index contributed by atoms with van der Waals surface area (Å²) in [5.41, 5.74) is -0.821. The lowest BCUT2D eigenvalue weighted by atomic mass is 9.49. The number of nitrogens with one attached hydrogen (secondary N) is 1. The number of carbonyl (C=O) groups excluding carboxylic acids is 2. The van der Waals surface area contributed by atoms with E-state index in [9.17, 15) is 22.8 Å². The van der Waals surface area contributed by atoms with Crippen LogP contribution in [0.1, 0.15) is 43.2 Å². The molecule has 2 amide bonds. The molecule has 1 heterocycles. The molecule has 1 atom stereocenters. The molecule has 5 fully saturated rings. The second-order valence-electron chi connectivity index (χ2n) is 9.01. The van der Waals surface area contributed by atoms with Crippen LogP contribution in [-0.2, 0) is 25.9 Å². The van der Waals surface area contributed by atoms with Crippen molar-refractivity contribution in [2.75, 3.05) is 19.7 Å². The van der Waals surface area contributed by atoms with Crippen molar-refractivity contribution in [3.8, 4) is 0 Å². The minimum absolute atomic E-state index is 0.0224. The lowest BCUT2D eigenvalue weighted by Crippen LogP contribution is -2.72. The van der Waals surface area contributed by atoms with Gasteiger partial charge in [0, 0.05) is 18.6 Å². The molecule has 8 heteroatoms. The summed E-state index contributed by atoms with van der Waals surface area (Å²) in [6.07, 6.45) is -0.178. The minimum Gasteiger partial charge on any atom is -0.365 e. The van der Waals surface area contributed by atoms with Gasteiger partial charge in [-0.1, -0.05) is 12.1 Å². The van der Waals surface area contributed by atoms with Gasteiger partial charge in [0.15, 0.2) is 0 Å². The first-order valence-electron chi connectivity index (χ1n) is 10.1. The van der Waals surface area contributed by atoms with Gasteiger partial charge in [-0.05, 0) is 55.7 Å². The van der Waals surface area contributed by atoms with Gasteiger partial charge in [-0.3, -0.25) is 9.59 Å². The third-order valence-electron chi connectivity index (χ3n) is 7.15. The molecule has 0 spiro atoms. The molecule has 0 radical (unpaired) electrons. The first-order valence-corrected chi connectivity index (χ1v) is 10.1. The zero-order chi connectivity index (χ0) is 20.4. The van der Waals surface area contributed by atoms with Crippen molar-refractivity contribution in [3.05, 3.63) is 35.4 Å². The number of alkyl halides is 3. The van der Waals surface area contributed by atoms with E-state index in [0.717, 1.165) is 37.3 Å². The molecule has 1 saturated heterocycles. The second kappa shape index (κ2) is 6.20. The average molecular weight is 408 g/mol. The summed E-state index contributed by atoms with van der Waals surface area (Å²) in [6.45, 7) is 0.820. The van der Waals surface area contributed by atoms with Crippen molar-refractivity contribution in [1.29, 1.82) is 0 Å². The third-order valence-corrected chi connectivity index (χ3v) is 7.15. The zero-order valence-electron chi connectivity index (χ0n) is 15.9. The van der Waals surface area contributed by atoms with E-state index in [-0.39, 0.29) is 30.1 Å². The number of benzene rings is 1. The highest BCUT2D eigenvalue weighted by molar-refractivity contribution is 5.91. The van der Waals surface area contributed by atoms with Gasteiger partial charge in [0.25, 0.3) is 0 Å². The van der Waals surface area contributed by atoms with Crippen LogP contribution in [0.25, 0.3) is 0 Å². The highest BCUT2D eigenvalue weighted by Crippen LogP contribution is 2.60. The Balaban J connectivity index is 1.20. The van der Waals surface area contributed by atoms with Crippen LogP contribution in [0.5, 0.6) is 0 Å². The summed E-state index contributed by atoms with van der Waals surface area (Å²) in [4.78, 5) is 27.0. The molecule has 2 bridgehead atoms. The summed E-state index contributed by atoms with van der Waals surface area (Å²) >= 11 is 0. The third kappa shape index (κ3) is 3.03. The van der Waals surface area contributed by atoms with E-state index in [4.69, 9.17) is 4.74 Å². The predicted octanol–water partition coefficient (Wildman–Crippen LogP) is 2.63. The van der Waals surface area contributed by atoms with Gasteiger partial charge in [0.2, 0.25) is 11.8 Å². The Labute approximate surface area is 166 Å². The van der Waals surface area contributed by atoms with Gasteiger partial charge in [-0.25, -0.2) is 0 Å². The fourth-order valence-corrected chi connectivity index (χ4v) is 5.10. The van der Waals surface area contributed by atoms with Crippen LogP contribution in [-0.4, -0.2) is 48.1 Å². The van der Waals surface area contributed by atoms with Crippen LogP contribution in [0.2, 0.25) is 0 Å². The number of halogens is 3. The highest BCUT2D eigenvalue weighted by atomic mass is 19.4. The van der Waals surface area contributed by atoms with Gasteiger partial charge in [0.05, 0.1) is 17.1 Å². The molecule has 5 aliphatic rings.